The van der Waals surface area contributed by atoms with E-state index in [9.17, 15) is 0 Å². The number of nitrogens with zero attached hydrogens (tertiary/aromatic N) is 5. The van der Waals surface area contributed by atoms with Gasteiger partial charge in [0.15, 0.2) is 0 Å². The van der Waals surface area contributed by atoms with Gasteiger partial charge in [0.1, 0.15) is 12.4 Å². The van der Waals surface area contributed by atoms with E-state index in [1.54, 1.807) is 24.9 Å². The lowest BCUT2D eigenvalue weighted by atomic mass is 10.2. The van der Waals surface area contributed by atoms with Crippen molar-refractivity contribution in [2.75, 3.05) is 11.9 Å². The van der Waals surface area contributed by atoms with Gasteiger partial charge in [-0.15, -0.1) is 0 Å². The van der Waals surface area contributed by atoms with Crippen LogP contribution in [0.2, 0.25) is 0 Å². The second-order valence-corrected chi connectivity index (χ2v) is 5.78. The van der Waals surface area contributed by atoms with Crippen LogP contribution in [0.1, 0.15) is 0 Å². The molecular formula is C20H18N6O. The molecule has 0 fully saturated rings. The zero-order valence-corrected chi connectivity index (χ0v) is 14.6. The topological polar surface area (TPSA) is 77.8 Å². The number of pyridine rings is 1. The predicted octanol–water partition coefficient (Wildman–Crippen LogP) is 3.56. The Hall–Kier alpha value is -3.74. The Kier molecular flexibility index (Phi) is 5.01. The van der Waals surface area contributed by atoms with Gasteiger partial charge >= 0.3 is 0 Å². The molecule has 0 saturated carbocycles. The number of rotatable bonds is 7. The SMILES string of the molecule is c1ccc(-c2ccnc(Nc3cccc(OCCn4ccnc4)c3)n2)nc1. The van der Waals surface area contributed by atoms with Crippen LogP contribution >= 0.6 is 0 Å². The van der Waals surface area contributed by atoms with Crippen molar-refractivity contribution < 1.29 is 4.74 Å². The van der Waals surface area contributed by atoms with E-state index >= 15 is 0 Å². The number of benzene rings is 1. The van der Waals surface area contributed by atoms with E-state index in [0.29, 0.717) is 12.6 Å². The van der Waals surface area contributed by atoms with E-state index in [2.05, 4.69) is 25.3 Å². The molecule has 0 atom stereocenters. The van der Waals surface area contributed by atoms with Gasteiger partial charge in [-0.05, 0) is 30.3 Å². The quantitative estimate of drug-likeness (QED) is 0.544. The lowest BCUT2D eigenvalue weighted by Crippen LogP contribution is -2.06. The summed E-state index contributed by atoms with van der Waals surface area (Å²) in [4.78, 5) is 17.2. The third-order valence-corrected chi connectivity index (χ3v) is 3.85. The van der Waals surface area contributed by atoms with E-state index in [1.165, 1.54) is 0 Å². The Morgan fingerprint density at radius 2 is 1.93 bits per heavy atom. The Labute approximate surface area is 156 Å². The normalized spacial score (nSPS) is 10.5. The fourth-order valence-corrected chi connectivity index (χ4v) is 2.56. The first kappa shape index (κ1) is 16.7. The summed E-state index contributed by atoms with van der Waals surface area (Å²) in [6.45, 7) is 1.30. The molecule has 0 bridgehead atoms. The molecule has 134 valence electrons. The van der Waals surface area contributed by atoms with E-state index in [0.717, 1.165) is 29.4 Å². The summed E-state index contributed by atoms with van der Waals surface area (Å²) < 4.78 is 7.78. The first-order valence-electron chi connectivity index (χ1n) is 8.57. The van der Waals surface area contributed by atoms with Crippen LogP contribution in [0.5, 0.6) is 5.75 Å². The summed E-state index contributed by atoms with van der Waals surface area (Å²) in [6.07, 6.45) is 8.89. The monoisotopic (exact) mass is 358 g/mol. The summed E-state index contributed by atoms with van der Waals surface area (Å²) in [5.74, 6) is 1.29. The lowest BCUT2D eigenvalue weighted by molar-refractivity contribution is 0.298. The van der Waals surface area contributed by atoms with E-state index < -0.39 is 0 Å². The highest BCUT2D eigenvalue weighted by Gasteiger charge is 2.04. The molecule has 0 radical (unpaired) electrons. The first-order chi connectivity index (χ1) is 13.4. The van der Waals surface area contributed by atoms with Crippen molar-refractivity contribution in [1.82, 2.24) is 24.5 Å². The van der Waals surface area contributed by atoms with Crippen molar-refractivity contribution in [3.05, 3.63) is 79.6 Å². The zero-order chi connectivity index (χ0) is 18.3. The minimum absolute atomic E-state index is 0.508. The molecule has 1 N–H and O–H groups in total. The van der Waals surface area contributed by atoms with Gasteiger partial charge in [-0.2, -0.15) is 0 Å². The van der Waals surface area contributed by atoms with Crippen LogP contribution < -0.4 is 10.1 Å². The van der Waals surface area contributed by atoms with Gasteiger partial charge in [0.2, 0.25) is 5.95 Å². The summed E-state index contributed by atoms with van der Waals surface area (Å²) in [6, 6.07) is 15.3. The van der Waals surface area contributed by atoms with Crippen molar-refractivity contribution >= 4 is 11.6 Å². The highest BCUT2D eigenvalue weighted by Crippen LogP contribution is 2.21. The van der Waals surface area contributed by atoms with Gasteiger partial charge in [-0.1, -0.05) is 12.1 Å². The number of imidazole rings is 1. The van der Waals surface area contributed by atoms with E-state index in [-0.39, 0.29) is 0 Å². The van der Waals surface area contributed by atoms with Crippen molar-refractivity contribution in [3.63, 3.8) is 0 Å². The Bertz CT molecular complexity index is 988. The first-order valence-corrected chi connectivity index (χ1v) is 8.57. The van der Waals surface area contributed by atoms with Crippen molar-refractivity contribution in [1.29, 1.82) is 0 Å². The number of aromatic nitrogens is 5. The van der Waals surface area contributed by atoms with Gasteiger partial charge < -0.3 is 14.6 Å². The maximum absolute atomic E-state index is 5.81. The van der Waals surface area contributed by atoms with Crippen LogP contribution in [-0.4, -0.2) is 31.1 Å². The van der Waals surface area contributed by atoms with E-state index in [4.69, 9.17) is 4.74 Å². The molecule has 0 saturated heterocycles. The molecule has 7 nitrogen and oxygen atoms in total. The summed E-state index contributed by atoms with van der Waals surface area (Å²) in [7, 11) is 0. The van der Waals surface area contributed by atoms with Gasteiger partial charge in [0, 0.05) is 36.5 Å². The average molecular weight is 358 g/mol. The molecule has 7 heteroatoms. The summed E-state index contributed by atoms with van der Waals surface area (Å²) in [5.41, 5.74) is 2.42. The third-order valence-electron chi connectivity index (χ3n) is 3.85. The minimum atomic E-state index is 0.508. The van der Waals surface area contributed by atoms with Gasteiger partial charge in [-0.25, -0.2) is 15.0 Å². The largest absolute Gasteiger partial charge is 0.492 e. The maximum atomic E-state index is 5.81. The Balaban J connectivity index is 1.42. The zero-order valence-electron chi connectivity index (χ0n) is 14.6. The van der Waals surface area contributed by atoms with Crippen molar-refractivity contribution in [2.45, 2.75) is 6.54 Å². The molecule has 0 aliphatic rings. The van der Waals surface area contributed by atoms with Crippen LogP contribution in [0.4, 0.5) is 11.6 Å². The highest BCUT2D eigenvalue weighted by molar-refractivity contribution is 5.59. The fourth-order valence-electron chi connectivity index (χ4n) is 2.56. The van der Waals surface area contributed by atoms with Crippen molar-refractivity contribution in [2.24, 2.45) is 0 Å². The number of nitrogens with one attached hydrogen (secondary N) is 1. The predicted molar refractivity (Wildman–Crippen MR) is 103 cm³/mol. The molecule has 0 unspecified atom stereocenters. The molecule has 3 heterocycles. The van der Waals surface area contributed by atoms with Gasteiger partial charge in [0.25, 0.3) is 0 Å². The second-order valence-electron chi connectivity index (χ2n) is 5.78. The van der Waals surface area contributed by atoms with Crippen LogP contribution in [0.15, 0.2) is 79.6 Å². The van der Waals surface area contributed by atoms with Crippen LogP contribution in [0.25, 0.3) is 11.4 Å². The number of anilines is 2. The molecule has 3 aromatic heterocycles. The van der Waals surface area contributed by atoms with Crippen molar-refractivity contribution in [3.8, 4) is 17.1 Å². The van der Waals surface area contributed by atoms with Crippen LogP contribution in [0, 0.1) is 0 Å². The molecule has 1 aromatic carbocycles. The molecule has 4 rings (SSSR count). The maximum Gasteiger partial charge on any atom is 0.227 e. The molecule has 4 aromatic rings. The minimum Gasteiger partial charge on any atom is -0.492 e. The number of hydrogen-bond acceptors (Lipinski definition) is 6. The molecule has 0 aliphatic heterocycles. The second kappa shape index (κ2) is 8.09. The average Bonchev–Trinajstić information content (AvgIpc) is 3.23. The summed E-state index contributed by atoms with van der Waals surface area (Å²) in [5, 5.41) is 3.21. The molecular weight excluding hydrogens is 340 g/mol. The van der Waals surface area contributed by atoms with Gasteiger partial charge in [0.05, 0.1) is 24.3 Å². The summed E-state index contributed by atoms with van der Waals surface area (Å²) >= 11 is 0. The molecule has 0 spiro atoms. The highest BCUT2D eigenvalue weighted by atomic mass is 16.5. The van der Waals surface area contributed by atoms with Crippen LogP contribution in [0.3, 0.4) is 0 Å². The Morgan fingerprint density at radius 3 is 2.78 bits per heavy atom. The fraction of sp³-hybridized carbons (Fsp3) is 0.100. The molecule has 0 aliphatic carbocycles. The Morgan fingerprint density at radius 1 is 0.926 bits per heavy atom. The number of ether oxygens (including phenoxy) is 1. The lowest BCUT2D eigenvalue weighted by Gasteiger charge is -2.10. The third kappa shape index (κ3) is 4.46. The molecule has 27 heavy (non-hydrogen) atoms. The van der Waals surface area contributed by atoms with Crippen LogP contribution in [-0.2, 0) is 6.54 Å². The van der Waals surface area contributed by atoms with E-state index in [1.807, 2.05) is 59.3 Å². The smallest absolute Gasteiger partial charge is 0.227 e. The number of hydrogen-bond donors (Lipinski definition) is 1. The molecule has 0 amide bonds. The standard InChI is InChI=1S/C20H18N6O/c1-2-8-22-18(6-1)19-7-9-23-20(25-19)24-16-4-3-5-17(14-16)27-13-12-26-11-10-21-15-26/h1-11,14-15H,12-13H2,(H,23,24,25). The van der Waals surface area contributed by atoms with Gasteiger partial charge in [-0.3, -0.25) is 4.98 Å².